The molecule has 0 fully saturated rings. The molecule has 0 radical (unpaired) electrons. The minimum Gasteiger partial charge on any atom is -0.481 e. The van der Waals surface area contributed by atoms with Gasteiger partial charge in [-0.1, -0.05) is 26.2 Å². The van der Waals surface area contributed by atoms with Gasteiger partial charge in [-0.15, -0.1) is 0 Å². The number of ketones is 1. The van der Waals surface area contributed by atoms with E-state index in [2.05, 4.69) is 10.6 Å². The predicted molar refractivity (Wildman–Crippen MR) is 95.8 cm³/mol. The van der Waals surface area contributed by atoms with E-state index in [4.69, 9.17) is 15.9 Å². The Morgan fingerprint density at radius 2 is 1.59 bits per heavy atom. The molecule has 0 spiro atoms. The molecule has 0 aromatic heterocycles. The van der Waals surface area contributed by atoms with Gasteiger partial charge in [-0.2, -0.15) is 0 Å². The summed E-state index contributed by atoms with van der Waals surface area (Å²) >= 11 is 0. The van der Waals surface area contributed by atoms with E-state index in [1.165, 1.54) is 0 Å². The van der Waals surface area contributed by atoms with Crippen molar-refractivity contribution in [1.29, 1.82) is 0 Å². The van der Waals surface area contributed by atoms with Crippen molar-refractivity contribution in [3.63, 3.8) is 0 Å². The fourth-order valence-electron chi connectivity index (χ4n) is 2.28. The van der Waals surface area contributed by atoms with Crippen molar-refractivity contribution >= 4 is 29.5 Å². The first-order valence-corrected chi connectivity index (χ1v) is 8.97. The molecule has 27 heavy (non-hydrogen) atoms. The zero-order valence-corrected chi connectivity index (χ0v) is 15.5. The molecular formula is C17H29N3O7. The summed E-state index contributed by atoms with van der Waals surface area (Å²) < 4.78 is 0. The number of nitrogens with two attached hydrogens (primary N) is 1. The van der Waals surface area contributed by atoms with Crippen LogP contribution in [0.2, 0.25) is 0 Å². The third-order valence-electron chi connectivity index (χ3n) is 3.93. The molecule has 2 amide bonds. The maximum absolute atomic E-state index is 11.8. The van der Waals surface area contributed by atoms with Gasteiger partial charge in [0.05, 0.1) is 6.54 Å². The first kappa shape index (κ1) is 24.5. The number of rotatable bonds is 15. The van der Waals surface area contributed by atoms with Crippen LogP contribution in [0.1, 0.15) is 51.9 Å². The summed E-state index contributed by atoms with van der Waals surface area (Å²) in [5.74, 6) is -5.77. The van der Waals surface area contributed by atoms with Crippen molar-refractivity contribution in [3.05, 3.63) is 0 Å². The Morgan fingerprint density at radius 3 is 2.11 bits per heavy atom. The first-order chi connectivity index (χ1) is 12.7. The van der Waals surface area contributed by atoms with Crippen LogP contribution in [0.4, 0.5) is 0 Å². The van der Waals surface area contributed by atoms with Crippen LogP contribution in [0.25, 0.3) is 0 Å². The maximum Gasteiger partial charge on any atom is 0.326 e. The monoisotopic (exact) mass is 387 g/mol. The second-order valence-electron chi connectivity index (χ2n) is 6.18. The molecule has 0 saturated carbocycles. The highest BCUT2D eigenvalue weighted by atomic mass is 16.4. The Balaban J connectivity index is 4.31. The number of carbonyl (C=O) groups excluding carboxylic acids is 3. The molecule has 6 N–H and O–H groups in total. The van der Waals surface area contributed by atoms with E-state index < -0.39 is 42.1 Å². The lowest BCUT2D eigenvalue weighted by molar-refractivity contribution is -0.146. The van der Waals surface area contributed by atoms with Crippen molar-refractivity contribution in [1.82, 2.24) is 10.6 Å². The standard InChI is InChI=1S/C17H29N3O7/c1-2-3-4-5-6-15(23)20-12(17(26)27)7-8-14(22)19-10-13(21)11(9-18)16(24)25/h11-12H,2-10,18H2,1H3,(H,19,22)(H,20,23)(H,24,25)(H,26,27)/t11?,12-/m1/s1. The van der Waals surface area contributed by atoms with Crippen molar-refractivity contribution in [2.75, 3.05) is 13.1 Å². The molecule has 154 valence electrons. The topological polar surface area (TPSA) is 176 Å². The molecule has 0 aliphatic rings. The van der Waals surface area contributed by atoms with Crippen LogP contribution < -0.4 is 16.4 Å². The molecule has 0 aromatic rings. The molecule has 0 heterocycles. The van der Waals surface area contributed by atoms with Crippen molar-refractivity contribution < 1.29 is 34.2 Å². The van der Waals surface area contributed by atoms with Crippen LogP contribution >= 0.6 is 0 Å². The van der Waals surface area contributed by atoms with E-state index >= 15 is 0 Å². The number of hydrogen-bond donors (Lipinski definition) is 5. The summed E-state index contributed by atoms with van der Waals surface area (Å²) in [5.41, 5.74) is 5.19. The zero-order valence-electron chi connectivity index (χ0n) is 15.5. The number of carboxylic acids is 2. The van der Waals surface area contributed by atoms with Crippen LogP contribution in [0.3, 0.4) is 0 Å². The van der Waals surface area contributed by atoms with Gasteiger partial charge >= 0.3 is 11.9 Å². The Bertz CT molecular complexity index is 537. The second kappa shape index (κ2) is 13.7. The molecule has 0 bridgehead atoms. The van der Waals surface area contributed by atoms with E-state index in [9.17, 15) is 24.0 Å². The smallest absolute Gasteiger partial charge is 0.326 e. The SMILES string of the molecule is CCCCCCC(=O)N[C@H](CCC(=O)NCC(=O)C(CN)C(=O)O)C(=O)O. The van der Waals surface area contributed by atoms with E-state index in [0.29, 0.717) is 6.42 Å². The van der Waals surface area contributed by atoms with E-state index in [-0.39, 0.29) is 31.7 Å². The van der Waals surface area contributed by atoms with Crippen LogP contribution in [0.5, 0.6) is 0 Å². The average molecular weight is 387 g/mol. The fourth-order valence-corrected chi connectivity index (χ4v) is 2.28. The van der Waals surface area contributed by atoms with Gasteiger partial charge in [0.15, 0.2) is 5.78 Å². The molecule has 10 heteroatoms. The van der Waals surface area contributed by atoms with Gasteiger partial charge in [-0.3, -0.25) is 19.2 Å². The lowest BCUT2D eigenvalue weighted by atomic mass is 10.0. The van der Waals surface area contributed by atoms with Crippen molar-refractivity contribution in [2.24, 2.45) is 11.7 Å². The van der Waals surface area contributed by atoms with Crippen LogP contribution in [-0.4, -0.2) is 58.9 Å². The summed E-state index contributed by atoms with van der Waals surface area (Å²) in [4.78, 5) is 57.2. The highest BCUT2D eigenvalue weighted by Crippen LogP contribution is 2.04. The van der Waals surface area contributed by atoms with Crippen LogP contribution in [0.15, 0.2) is 0 Å². The molecule has 0 aliphatic carbocycles. The molecule has 2 atom stereocenters. The highest BCUT2D eigenvalue weighted by Gasteiger charge is 2.25. The average Bonchev–Trinajstić information content (AvgIpc) is 2.60. The number of Topliss-reactive ketones (excluding diaryl/α,β-unsaturated/α-hetero) is 1. The Morgan fingerprint density at radius 1 is 0.926 bits per heavy atom. The second-order valence-corrected chi connectivity index (χ2v) is 6.18. The molecule has 0 aliphatic heterocycles. The van der Waals surface area contributed by atoms with Gasteiger partial charge in [0.1, 0.15) is 12.0 Å². The molecule has 0 rings (SSSR count). The summed E-state index contributed by atoms with van der Waals surface area (Å²) in [5, 5.41) is 22.6. The molecule has 0 aromatic carbocycles. The van der Waals surface area contributed by atoms with Gasteiger partial charge in [-0.05, 0) is 12.8 Å². The number of carboxylic acid groups (broad SMARTS) is 2. The number of nitrogens with one attached hydrogen (secondary N) is 2. The third kappa shape index (κ3) is 11.0. The third-order valence-corrected chi connectivity index (χ3v) is 3.93. The van der Waals surface area contributed by atoms with Crippen molar-refractivity contribution in [2.45, 2.75) is 57.9 Å². The van der Waals surface area contributed by atoms with E-state index in [1.807, 2.05) is 6.92 Å². The summed E-state index contributed by atoms with van der Waals surface area (Å²) in [7, 11) is 0. The van der Waals surface area contributed by atoms with Gasteiger partial charge in [-0.25, -0.2) is 4.79 Å². The number of aliphatic carboxylic acids is 2. The minimum absolute atomic E-state index is 0.144. The fraction of sp³-hybridized carbons (Fsp3) is 0.706. The largest absolute Gasteiger partial charge is 0.481 e. The number of unbranched alkanes of at least 4 members (excludes halogenated alkanes) is 3. The van der Waals surface area contributed by atoms with Gasteiger partial charge in [0.2, 0.25) is 11.8 Å². The van der Waals surface area contributed by atoms with Crippen LogP contribution in [-0.2, 0) is 24.0 Å². The highest BCUT2D eigenvalue weighted by molar-refractivity contribution is 6.00. The summed E-state index contributed by atoms with van der Waals surface area (Å²) in [6.45, 7) is 1.15. The van der Waals surface area contributed by atoms with Gasteiger partial charge in [0, 0.05) is 19.4 Å². The van der Waals surface area contributed by atoms with Crippen molar-refractivity contribution in [3.8, 4) is 0 Å². The molecule has 10 nitrogen and oxygen atoms in total. The maximum atomic E-state index is 11.8. The lowest BCUT2D eigenvalue weighted by Gasteiger charge is -2.15. The Labute approximate surface area is 157 Å². The molecule has 1 unspecified atom stereocenters. The van der Waals surface area contributed by atoms with Crippen LogP contribution in [0, 0.1) is 5.92 Å². The van der Waals surface area contributed by atoms with E-state index in [0.717, 1.165) is 19.3 Å². The zero-order chi connectivity index (χ0) is 20.8. The van der Waals surface area contributed by atoms with Gasteiger partial charge < -0.3 is 26.6 Å². The predicted octanol–water partition coefficient (Wildman–Crippen LogP) is -0.349. The number of carbonyl (C=O) groups is 5. The normalized spacial score (nSPS) is 12.7. The summed E-state index contributed by atoms with van der Waals surface area (Å²) in [6, 6.07) is -1.21. The molecular weight excluding hydrogens is 358 g/mol. The number of amides is 2. The number of hydrogen-bond acceptors (Lipinski definition) is 6. The van der Waals surface area contributed by atoms with E-state index in [1.54, 1.807) is 0 Å². The van der Waals surface area contributed by atoms with Gasteiger partial charge in [0.25, 0.3) is 0 Å². The Hall–Kier alpha value is -2.49. The quantitative estimate of drug-likeness (QED) is 0.187. The summed E-state index contributed by atoms with van der Waals surface area (Å²) in [6.07, 6.45) is 3.42. The first-order valence-electron chi connectivity index (χ1n) is 8.97. The lowest BCUT2D eigenvalue weighted by Crippen LogP contribution is -2.42. The molecule has 0 saturated heterocycles. The Kier molecular flexibility index (Phi) is 12.4. The minimum atomic E-state index is -1.40.